The van der Waals surface area contributed by atoms with E-state index in [1.165, 1.54) is 4.88 Å². The number of aromatic amines is 1. The van der Waals surface area contributed by atoms with E-state index in [9.17, 15) is 13.2 Å². The van der Waals surface area contributed by atoms with Crippen molar-refractivity contribution in [1.82, 2.24) is 14.2 Å². The van der Waals surface area contributed by atoms with Gasteiger partial charge in [0.05, 0.1) is 30.0 Å². The molecule has 0 bridgehead atoms. The van der Waals surface area contributed by atoms with Gasteiger partial charge in [0, 0.05) is 36.1 Å². The van der Waals surface area contributed by atoms with E-state index < -0.39 is 15.9 Å². The van der Waals surface area contributed by atoms with Crippen LogP contribution in [0.1, 0.15) is 53.4 Å². The van der Waals surface area contributed by atoms with Crippen molar-refractivity contribution in [3.05, 3.63) is 58.1 Å². The van der Waals surface area contributed by atoms with Gasteiger partial charge in [-0.05, 0) is 79.9 Å². The number of hydrogen-bond acceptors (Lipinski definition) is 6. The topological polar surface area (TPSA) is 109 Å². The Kier molecular flexibility index (Phi) is 8.42. The predicted octanol–water partition coefficient (Wildman–Crippen LogP) is 4.51. The molecule has 200 valence electrons. The number of H-pyrrole nitrogens is 1. The molecule has 4 rings (SSSR count). The number of nitrogens with two attached hydrogens (primary N) is 1. The summed E-state index contributed by atoms with van der Waals surface area (Å²) in [5, 5.41) is 3.08. The molecule has 0 radical (unpaired) electrons. The highest BCUT2D eigenvalue weighted by molar-refractivity contribution is 7.89. The van der Waals surface area contributed by atoms with Gasteiger partial charge in [-0.15, -0.1) is 11.3 Å². The molecular weight excluding hydrogens is 508 g/mol. The summed E-state index contributed by atoms with van der Waals surface area (Å²) in [4.78, 5) is 19.0. The second-order valence-electron chi connectivity index (χ2n) is 9.57. The number of sulfonamides is 1. The van der Waals surface area contributed by atoms with Crippen LogP contribution in [-0.2, 0) is 21.3 Å². The van der Waals surface area contributed by atoms with Gasteiger partial charge in [0.15, 0.2) is 0 Å². The molecule has 1 aliphatic rings. The van der Waals surface area contributed by atoms with Gasteiger partial charge in [-0.3, -0.25) is 9.69 Å². The van der Waals surface area contributed by atoms with Crippen LogP contribution < -0.4 is 5.73 Å². The number of nitrogens with one attached hydrogen (secondary N) is 1. The summed E-state index contributed by atoms with van der Waals surface area (Å²) in [6, 6.07) is 6.13. The Morgan fingerprint density at radius 2 is 1.97 bits per heavy atom. The molecule has 8 nitrogen and oxygen atoms in total. The van der Waals surface area contributed by atoms with Crippen LogP contribution in [0.5, 0.6) is 0 Å². The van der Waals surface area contributed by atoms with Gasteiger partial charge in [-0.1, -0.05) is 6.58 Å². The van der Waals surface area contributed by atoms with Crippen molar-refractivity contribution >= 4 is 38.2 Å². The minimum Gasteiger partial charge on any atom is -0.497 e. The maximum Gasteiger partial charge on any atom is 0.250 e. The molecule has 37 heavy (non-hydrogen) atoms. The van der Waals surface area contributed by atoms with E-state index in [2.05, 4.69) is 34.0 Å². The van der Waals surface area contributed by atoms with Crippen LogP contribution in [0.3, 0.4) is 0 Å². The normalized spacial score (nSPS) is 15.5. The molecule has 10 heteroatoms. The molecule has 1 amide bonds. The van der Waals surface area contributed by atoms with E-state index in [0.29, 0.717) is 31.8 Å². The zero-order valence-corrected chi connectivity index (χ0v) is 23.4. The van der Waals surface area contributed by atoms with Crippen molar-refractivity contribution in [2.24, 2.45) is 5.73 Å². The molecule has 2 aromatic heterocycles. The SMILES string of the molecule is C=C(CN(C)Cc1cc(-c2cc(C(N)=O)c3[nH]cc(C4CCN(S(=O)(=O)CC)CC4)c3c2)cs1)OCC. The lowest BCUT2D eigenvalue weighted by molar-refractivity contribution is 0.100. The lowest BCUT2D eigenvalue weighted by Crippen LogP contribution is -2.38. The summed E-state index contributed by atoms with van der Waals surface area (Å²) in [7, 11) is -1.15. The number of piperidine rings is 1. The van der Waals surface area contributed by atoms with Crippen LogP contribution in [0.4, 0.5) is 0 Å². The molecule has 1 fully saturated rings. The Labute approximate surface area is 223 Å². The third kappa shape index (κ3) is 6.09. The standard InChI is InChI=1S/C27H36N4O4S2/c1-5-35-18(3)15-30(4)16-22-11-21(17-36-22)20-12-23-25(14-29-26(23)24(13-20)27(28)32)19-7-9-31(10-8-19)37(33,34)6-2/h11-14,17,19,29H,3,5-10,15-16H2,1-2,4H3,(H2,28,32). The monoisotopic (exact) mass is 544 g/mol. The highest BCUT2D eigenvalue weighted by Gasteiger charge is 2.29. The summed E-state index contributed by atoms with van der Waals surface area (Å²) >= 11 is 1.67. The molecular formula is C27H36N4O4S2. The van der Waals surface area contributed by atoms with Crippen molar-refractivity contribution in [3.8, 4) is 11.1 Å². The largest absolute Gasteiger partial charge is 0.497 e. The third-order valence-corrected chi connectivity index (χ3v) is 9.75. The molecule has 0 atom stereocenters. The minimum absolute atomic E-state index is 0.121. The molecule has 3 aromatic rings. The first kappa shape index (κ1) is 27.4. The summed E-state index contributed by atoms with van der Waals surface area (Å²) in [6.45, 7) is 10.6. The first-order chi connectivity index (χ1) is 17.6. The predicted molar refractivity (Wildman–Crippen MR) is 150 cm³/mol. The molecule has 1 aromatic carbocycles. The first-order valence-electron chi connectivity index (χ1n) is 12.6. The summed E-state index contributed by atoms with van der Waals surface area (Å²) in [5.74, 6) is 0.596. The fraction of sp³-hybridized carbons (Fsp3) is 0.444. The molecule has 0 spiro atoms. The Morgan fingerprint density at radius 3 is 2.62 bits per heavy atom. The number of aromatic nitrogens is 1. The van der Waals surface area contributed by atoms with Crippen LogP contribution in [0, 0.1) is 0 Å². The zero-order chi connectivity index (χ0) is 26.7. The highest BCUT2D eigenvalue weighted by Crippen LogP contribution is 2.38. The van der Waals surface area contributed by atoms with Crippen molar-refractivity contribution in [2.75, 3.05) is 39.0 Å². The summed E-state index contributed by atoms with van der Waals surface area (Å²) in [6.07, 6.45) is 3.43. The number of amides is 1. The van der Waals surface area contributed by atoms with Gasteiger partial charge in [0.2, 0.25) is 10.0 Å². The number of likely N-dealkylation sites (N-methyl/N-ethyl adjacent to an activating group) is 1. The average Bonchev–Trinajstić information content (AvgIpc) is 3.50. The number of carbonyl (C=O) groups is 1. The smallest absolute Gasteiger partial charge is 0.250 e. The lowest BCUT2D eigenvalue weighted by atomic mass is 9.88. The summed E-state index contributed by atoms with van der Waals surface area (Å²) in [5.41, 5.74) is 10.1. The van der Waals surface area contributed by atoms with Crippen molar-refractivity contribution in [1.29, 1.82) is 0 Å². The maximum atomic E-state index is 12.4. The second kappa shape index (κ2) is 11.4. The number of fused-ring (bicyclic) bond motifs is 1. The Hall–Kier alpha value is -2.66. The molecule has 3 N–H and O–H groups in total. The first-order valence-corrected chi connectivity index (χ1v) is 15.1. The maximum absolute atomic E-state index is 12.4. The molecule has 0 saturated carbocycles. The van der Waals surface area contributed by atoms with Gasteiger partial charge in [0.1, 0.15) is 5.76 Å². The lowest BCUT2D eigenvalue weighted by Gasteiger charge is -2.31. The Morgan fingerprint density at radius 1 is 1.24 bits per heavy atom. The third-order valence-electron chi connectivity index (χ3n) is 6.95. The molecule has 0 unspecified atom stereocenters. The van der Waals surface area contributed by atoms with Gasteiger partial charge in [-0.2, -0.15) is 0 Å². The van der Waals surface area contributed by atoms with Gasteiger partial charge >= 0.3 is 0 Å². The van der Waals surface area contributed by atoms with E-state index in [1.807, 2.05) is 26.2 Å². The second-order valence-corrected chi connectivity index (χ2v) is 12.8. The van der Waals surface area contributed by atoms with E-state index in [0.717, 1.165) is 52.7 Å². The Bertz CT molecular complexity index is 1380. The van der Waals surface area contributed by atoms with Crippen LogP contribution in [-0.4, -0.2) is 67.6 Å². The van der Waals surface area contributed by atoms with Crippen LogP contribution in [0.15, 0.2) is 42.1 Å². The van der Waals surface area contributed by atoms with Crippen LogP contribution >= 0.6 is 11.3 Å². The van der Waals surface area contributed by atoms with E-state index >= 15 is 0 Å². The number of thiophene rings is 1. The number of hydrogen-bond donors (Lipinski definition) is 2. The molecule has 1 saturated heterocycles. The highest BCUT2D eigenvalue weighted by atomic mass is 32.2. The van der Waals surface area contributed by atoms with E-state index in [1.54, 1.807) is 22.6 Å². The summed E-state index contributed by atoms with van der Waals surface area (Å²) < 4.78 is 31.6. The van der Waals surface area contributed by atoms with Crippen molar-refractivity contribution in [2.45, 2.75) is 39.2 Å². The molecule has 3 heterocycles. The zero-order valence-electron chi connectivity index (χ0n) is 21.7. The van der Waals surface area contributed by atoms with E-state index in [-0.39, 0.29) is 11.7 Å². The number of rotatable bonds is 11. The average molecular weight is 545 g/mol. The molecule has 0 aliphatic carbocycles. The molecule has 1 aliphatic heterocycles. The fourth-order valence-electron chi connectivity index (χ4n) is 5.07. The minimum atomic E-state index is -3.18. The van der Waals surface area contributed by atoms with E-state index in [4.69, 9.17) is 10.5 Å². The number of benzene rings is 1. The van der Waals surface area contributed by atoms with Crippen molar-refractivity contribution in [3.63, 3.8) is 0 Å². The fourth-order valence-corrected chi connectivity index (χ4v) is 7.17. The van der Waals surface area contributed by atoms with Gasteiger partial charge in [-0.25, -0.2) is 12.7 Å². The number of carbonyl (C=O) groups excluding carboxylic acids is 1. The van der Waals surface area contributed by atoms with Gasteiger partial charge in [0.25, 0.3) is 5.91 Å². The van der Waals surface area contributed by atoms with Crippen LogP contribution in [0.25, 0.3) is 22.0 Å². The van der Waals surface area contributed by atoms with Crippen molar-refractivity contribution < 1.29 is 17.9 Å². The van der Waals surface area contributed by atoms with Crippen LogP contribution in [0.2, 0.25) is 0 Å². The Balaban J connectivity index is 1.60. The quantitative estimate of drug-likeness (QED) is 0.346. The number of primary amides is 1. The number of nitrogens with zero attached hydrogens (tertiary/aromatic N) is 2. The van der Waals surface area contributed by atoms with Gasteiger partial charge < -0.3 is 15.5 Å². The number of ether oxygens (including phenoxy) is 1.